The predicted octanol–water partition coefficient (Wildman–Crippen LogP) is 1.64. The number of nitrogen functional groups attached to an aromatic ring is 1. The molecule has 0 saturated carbocycles. The second kappa shape index (κ2) is 4.82. The lowest BCUT2D eigenvalue weighted by molar-refractivity contribution is 0.588. The maximum absolute atomic E-state index is 12.7. The van der Waals surface area contributed by atoms with Crippen molar-refractivity contribution in [2.45, 2.75) is 5.75 Å². The van der Waals surface area contributed by atoms with E-state index < -0.39 is 10.0 Å². The zero-order valence-electron chi connectivity index (χ0n) is 12.0. The van der Waals surface area contributed by atoms with Gasteiger partial charge in [0.25, 0.3) is 0 Å². The van der Waals surface area contributed by atoms with Crippen LogP contribution in [0.15, 0.2) is 55.0 Å². The SMILES string of the molecule is Nc1cnc2cnc3c(ccn3S(=O)(=O)Cc3ccccc3)n12. The summed E-state index contributed by atoms with van der Waals surface area (Å²) in [7, 11) is -3.58. The molecule has 0 fully saturated rings. The number of aromatic nitrogens is 4. The molecule has 0 unspecified atom stereocenters. The third-order valence-corrected chi connectivity index (χ3v) is 5.25. The molecule has 0 aliphatic rings. The number of nitrogens with two attached hydrogens (primary N) is 1. The van der Waals surface area contributed by atoms with Crippen LogP contribution in [0.3, 0.4) is 0 Å². The van der Waals surface area contributed by atoms with Gasteiger partial charge in [0.05, 0.1) is 23.7 Å². The van der Waals surface area contributed by atoms with Gasteiger partial charge in [-0.25, -0.2) is 22.4 Å². The molecule has 3 heterocycles. The zero-order valence-corrected chi connectivity index (χ0v) is 12.8. The van der Waals surface area contributed by atoms with Crippen LogP contribution in [0.1, 0.15) is 5.56 Å². The summed E-state index contributed by atoms with van der Waals surface area (Å²) in [5, 5.41) is 0. The molecule has 0 atom stereocenters. The molecule has 0 saturated heterocycles. The molecule has 0 spiro atoms. The third-order valence-electron chi connectivity index (χ3n) is 3.66. The Morgan fingerprint density at radius 3 is 2.61 bits per heavy atom. The van der Waals surface area contributed by atoms with Gasteiger partial charge in [-0.2, -0.15) is 0 Å². The minimum absolute atomic E-state index is 0.100. The minimum Gasteiger partial charge on any atom is -0.383 e. The number of benzene rings is 1. The Kier molecular flexibility index (Phi) is 2.88. The average molecular weight is 327 g/mol. The number of nitrogens with zero attached hydrogens (tertiary/aromatic N) is 4. The molecular formula is C15H13N5O2S. The van der Waals surface area contributed by atoms with E-state index in [4.69, 9.17) is 5.73 Å². The van der Waals surface area contributed by atoms with Gasteiger partial charge in [-0.05, 0) is 11.6 Å². The fourth-order valence-electron chi connectivity index (χ4n) is 2.63. The third kappa shape index (κ3) is 2.15. The molecule has 4 rings (SSSR count). The van der Waals surface area contributed by atoms with Gasteiger partial charge in [0.2, 0.25) is 10.0 Å². The Labute approximate surface area is 132 Å². The summed E-state index contributed by atoms with van der Waals surface area (Å²) in [5.41, 5.74) is 8.13. The van der Waals surface area contributed by atoms with E-state index in [-0.39, 0.29) is 5.75 Å². The standard InChI is InChI=1S/C15H13N5O2S/c16-13-8-17-14-9-18-15-12(20(13)14)6-7-19(15)23(21,22)10-11-4-2-1-3-5-11/h1-9H,10,16H2. The summed E-state index contributed by atoms with van der Waals surface area (Å²) in [6.07, 6.45) is 4.52. The number of imidazole rings is 1. The van der Waals surface area contributed by atoms with Gasteiger partial charge in [0.1, 0.15) is 5.82 Å². The number of hydrogen-bond acceptors (Lipinski definition) is 5. The Balaban J connectivity index is 1.89. The monoisotopic (exact) mass is 327 g/mol. The van der Waals surface area contributed by atoms with Crippen LogP contribution in [0, 0.1) is 0 Å². The van der Waals surface area contributed by atoms with Crippen LogP contribution >= 0.6 is 0 Å². The molecule has 0 aliphatic carbocycles. The van der Waals surface area contributed by atoms with E-state index in [1.165, 1.54) is 22.6 Å². The average Bonchev–Trinajstić information content (AvgIpc) is 3.11. The number of hydrogen-bond donors (Lipinski definition) is 1. The van der Waals surface area contributed by atoms with Crippen molar-refractivity contribution in [2.24, 2.45) is 0 Å². The van der Waals surface area contributed by atoms with Crippen molar-refractivity contribution in [3.05, 3.63) is 60.6 Å². The van der Waals surface area contributed by atoms with E-state index in [2.05, 4.69) is 9.97 Å². The second-order valence-electron chi connectivity index (χ2n) is 5.20. The van der Waals surface area contributed by atoms with Gasteiger partial charge in [-0.3, -0.25) is 4.40 Å². The summed E-state index contributed by atoms with van der Waals surface area (Å²) in [6, 6.07) is 10.7. The number of anilines is 1. The largest absolute Gasteiger partial charge is 0.383 e. The first kappa shape index (κ1) is 13.8. The van der Waals surface area contributed by atoms with Gasteiger partial charge >= 0.3 is 0 Å². The van der Waals surface area contributed by atoms with Crippen molar-refractivity contribution in [1.82, 2.24) is 18.3 Å². The Bertz CT molecular complexity index is 1110. The molecule has 3 aromatic heterocycles. The molecule has 0 amide bonds. The van der Waals surface area contributed by atoms with E-state index in [0.29, 0.717) is 22.6 Å². The minimum atomic E-state index is -3.58. The Hall–Kier alpha value is -2.87. The highest BCUT2D eigenvalue weighted by molar-refractivity contribution is 7.89. The summed E-state index contributed by atoms with van der Waals surface area (Å²) in [4.78, 5) is 8.36. The second-order valence-corrected chi connectivity index (χ2v) is 7.04. The molecule has 0 radical (unpaired) electrons. The van der Waals surface area contributed by atoms with Crippen LogP contribution in [0.4, 0.5) is 5.82 Å². The molecule has 8 heteroatoms. The van der Waals surface area contributed by atoms with Crippen LogP contribution in [-0.2, 0) is 15.8 Å². The van der Waals surface area contributed by atoms with E-state index in [0.717, 1.165) is 5.56 Å². The summed E-state index contributed by atoms with van der Waals surface area (Å²) < 4.78 is 28.3. The van der Waals surface area contributed by atoms with E-state index >= 15 is 0 Å². The lowest BCUT2D eigenvalue weighted by Crippen LogP contribution is -2.14. The van der Waals surface area contributed by atoms with Crippen LogP contribution in [0.2, 0.25) is 0 Å². The predicted molar refractivity (Wildman–Crippen MR) is 87.4 cm³/mol. The van der Waals surface area contributed by atoms with Crippen molar-refractivity contribution in [1.29, 1.82) is 0 Å². The summed E-state index contributed by atoms with van der Waals surface area (Å²) in [6.45, 7) is 0. The van der Waals surface area contributed by atoms with Crippen LogP contribution in [0.25, 0.3) is 16.8 Å². The van der Waals surface area contributed by atoms with Crippen molar-refractivity contribution >= 4 is 32.7 Å². The molecule has 116 valence electrons. The first-order valence-corrected chi connectivity index (χ1v) is 8.53. The smallest absolute Gasteiger partial charge is 0.244 e. The maximum Gasteiger partial charge on any atom is 0.244 e. The van der Waals surface area contributed by atoms with E-state index in [1.807, 2.05) is 18.2 Å². The quantitative estimate of drug-likeness (QED) is 0.617. The molecule has 2 N–H and O–H groups in total. The van der Waals surface area contributed by atoms with Crippen molar-refractivity contribution < 1.29 is 8.42 Å². The highest BCUT2D eigenvalue weighted by atomic mass is 32.2. The Morgan fingerprint density at radius 1 is 1.04 bits per heavy atom. The summed E-state index contributed by atoms with van der Waals surface area (Å²) in [5.74, 6) is 0.335. The van der Waals surface area contributed by atoms with Crippen LogP contribution < -0.4 is 5.73 Å². The van der Waals surface area contributed by atoms with Gasteiger partial charge in [-0.15, -0.1) is 0 Å². The highest BCUT2D eigenvalue weighted by Gasteiger charge is 2.19. The molecule has 4 aromatic rings. The van der Waals surface area contributed by atoms with Gasteiger partial charge in [0, 0.05) is 6.20 Å². The van der Waals surface area contributed by atoms with Crippen LogP contribution in [-0.4, -0.2) is 26.8 Å². The molecule has 7 nitrogen and oxygen atoms in total. The maximum atomic E-state index is 12.7. The topological polar surface area (TPSA) is 95.3 Å². The van der Waals surface area contributed by atoms with Gasteiger partial charge in [0.15, 0.2) is 11.3 Å². The molecule has 0 bridgehead atoms. The zero-order chi connectivity index (χ0) is 16.0. The Morgan fingerprint density at radius 2 is 1.83 bits per heavy atom. The summed E-state index contributed by atoms with van der Waals surface area (Å²) >= 11 is 0. The first-order chi connectivity index (χ1) is 11.1. The van der Waals surface area contributed by atoms with Gasteiger partial charge in [-0.1, -0.05) is 30.3 Å². The lowest BCUT2D eigenvalue weighted by Gasteiger charge is -2.07. The molecular weight excluding hydrogens is 314 g/mol. The van der Waals surface area contributed by atoms with E-state index in [9.17, 15) is 8.42 Å². The molecule has 23 heavy (non-hydrogen) atoms. The fourth-order valence-corrected chi connectivity index (χ4v) is 4.03. The number of fused-ring (bicyclic) bond motifs is 3. The van der Waals surface area contributed by atoms with Crippen molar-refractivity contribution in [3.8, 4) is 0 Å². The van der Waals surface area contributed by atoms with Crippen molar-refractivity contribution in [2.75, 3.05) is 5.73 Å². The highest BCUT2D eigenvalue weighted by Crippen LogP contribution is 2.21. The van der Waals surface area contributed by atoms with Crippen molar-refractivity contribution in [3.63, 3.8) is 0 Å². The van der Waals surface area contributed by atoms with Gasteiger partial charge < -0.3 is 5.73 Å². The fraction of sp³-hybridized carbons (Fsp3) is 0.0667. The normalized spacial score (nSPS) is 12.2. The van der Waals surface area contributed by atoms with Crippen LogP contribution in [0.5, 0.6) is 0 Å². The first-order valence-electron chi connectivity index (χ1n) is 6.92. The lowest BCUT2D eigenvalue weighted by atomic mass is 10.2. The number of rotatable bonds is 3. The molecule has 1 aromatic carbocycles. The van der Waals surface area contributed by atoms with E-state index in [1.54, 1.807) is 22.6 Å². The molecule has 0 aliphatic heterocycles.